The van der Waals surface area contributed by atoms with Crippen molar-refractivity contribution < 1.29 is 9.90 Å². The highest BCUT2D eigenvalue weighted by Crippen LogP contribution is 2.67. The lowest BCUT2D eigenvalue weighted by atomic mass is 9.43. The fourth-order valence-corrected chi connectivity index (χ4v) is 11.0. The molecule has 0 aromatic rings. The van der Waals surface area contributed by atoms with Gasteiger partial charge < -0.3 is 9.90 Å². The van der Waals surface area contributed by atoms with Gasteiger partial charge in [0.2, 0.25) is 0 Å². The molecule has 4 aliphatic carbocycles. The highest BCUT2D eigenvalue weighted by atomic mass is 16.3. The molecule has 50 heavy (non-hydrogen) atoms. The number of aliphatic hydroxyl groups is 1. The lowest BCUT2D eigenvalue weighted by Crippen LogP contribution is -2.52. The molecule has 0 aliphatic heterocycles. The first-order chi connectivity index (χ1) is 23.6. The SMILES string of the molecule is C=C(C)C(CC)CC(CC)CC(C)CCC1(C)C(C)CCC2(C)C3=CCC4(C(=C)C)CCC(C)CC4C3=CCC21.C=O.CC.CCCC(C)O. The molecule has 2 fully saturated rings. The fraction of sp³-hybridized carbons (Fsp3) is 0.812. The Morgan fingerprint density at radius 1 is 0.940 bits per heavy atom. The predicted molar refractivity (Wildman–Crippen MR) is 222 cm³/mol. The van der Waals surface area contributed by atoms with E-state index in [0.717, 1.165) is 42.4 Å². The first-order valence-corrected chi connectivity index (χ1v) is 21.3. The zero-order valence-electron chi connectivity index (χ0n) is 35.9. The molecule has 0 heterocycles. The Labute approximate surface area is 313 Å². The number of rotatable bonds is 13. The number of aliphatic hydroxyl groups excluding tert-OH is 1. The zero-order chi connectivity index (χ0) is 38.4. The molecule has 0 radical (unpaired) electrons. The highest BCUT2D eigenvalue weighted by molar-refractivity contribution is 5.48. The molecule has 0 amide bonds. The van der Waals surface area contributed by atoms with Crippen molar-refractivity contribution >= 4 is 6.79 Å². The van der Waals surface area contributed by atoms with Gasteiger partial charge in [0.25, 0.3) is 0 Å². The van der Waals surface area contributed by atoms with Crippen molar-refractivity contribution in [2.75, 3.05) is 0 Å². The summed E-state index contributed by atoms with van der Waals surface area (Å²) in [6.07, 6.45) is 24.9. The summed E-state index contributed by atoms with van der Waals surface area (Å²) in [7, 11) is 0. The Kier molecular flexibility index (Phi) is 19.9. The van der Waals surface area contributed by atoms with Crippen molar-refractivity contribution in [1.29, 1.82) is 0 Å². The number of fused-ring (bicyclic) bond motifs is 5. The topological polar surface area (TPSA) is 37.3 Å². The van der Waals surface area contributed by atoms with Crippen molar-refractivity contribution in [3.63, 3.8) is 0 Å². The second kappa shape index (κ2) is 21.3. The van der Waals surface area contributed by atoms with Crippen molar-refractivity contribution in [2.24, 2.45) is 57.7 Å². The van der Waals surface area contributed by atoms with E-state index in [0.29, 0.717) is 28.1 Å². The molecule has 11 unspecified atom stereocenters. The van der Waals surface area contributed by atoms with E-state index < -0.39 is 0 Å². The Bertz CT molecular complexity index is 1100. The number of carbonyl (C=O) groups excluding carboxylic acids is 1. The van der Waals surface area contributed by atoms with Gasteiger partial charge in [-0.05, 0) is 161 Å². The Morgan fingerprint density at radius 2 is 1.58 bits per heavy atom. The molecule has 4 aliphatic rings. The lowest BCUT2D eigenvalue weighted by molar-refractivity contribution is -0.0980. The number of carbonyl (C=O) groups is 1. The Morgan fingerprint density at radius 3 is 2.08 bits per heavy atom. The van der Waals surface area contributed by atoms with Crippen molar-refractivity contribution in [3.05, 3.63) is 47.6 Å². The van der Waals surface area contributed by atoms with Crippen LogP contribution in [-0.2, 0) is 4.79 Å². The van der Waals surface area contributed by atoms with E-state index in [4.69, 9.17) is 9.90 Å². The van der Waals surface area contributed by atoms with Crippen molar-refractivity contribution in [1.82, 2.24) is 0 Å². The third kappa shape index (κ3) is 10.8. The van der Waals surface area contributed by atoms with Gasteiger partial charge in [-0.3, -0.25) is 0 Å². The third-order valence-corrected chi connectivity index (χ3v) is 14.6. The van der Waals surface area contributed by atoms with Crippen LogP contribution in [0.1, 0.15) is 186 Å². The number of allylic oxidation sites excluding steroid dienone is 6. The van der Waals surface area contributed by atoms with Gasteiger partial charge in [0.15, 0.2) is 0 Å². The van der Waals surface area contributed by atoms with Gasteiger partial charge in [-0.25, -0.2) is 0 Å². The van der Waals surface area contributed by atoms with Crippen LogP contribution >= 0.6 is 0 Å². The molecule has 1 N–H and O–H groups in total. The molecule has 4 rings (SSSR count). The van der Waals surface area contributed by atoms with Gasteiger partial charge >= 0.3 is 0 Å². The molecule has 11 atom stereocenters. The molecule has 0 bridgehead atoms. The summed E-state index contributed by atoms with van der Waals surface area (Å²) in [6, 6.07) is 0. The van der Waals surface area contributed by atoms with Gasteiger partial charge in [0, 0.05) is 5.41 Å². The van der Waals surface area contributed by atoms with E-state index in [1.807, 2.05) is 27.6 Å². The van der Waals surface area contributed by atoms with Gasteiger partial charge in [0.05, 0.1) is 6.10 Å². The van der Waals surface area contributed by atoms with Crippen molar-refractivity contribution in [2.45, 2.75) is 192 Å². The van der Waals surface area contributed by atoms with Crippen LogP contribution in [0.5, 0.6) is 0 Å². The van der Waals surface area contributed by atoms with Crippen LogP contribution in [0, 0.1) is 57.7 Å². The van der Waals surface area contributed by atoms with Crippen LogP contribution in [0.4, 0.5) is 0 Å². The molecule has 2 nitrogen and oxygen atoms in total. The molecule has 0 aromatic heterocycles. The van der Waals surface area contributed by atoms with E-state index in [2.05, 4.69) is 94.5 Å². The smallest absolute Gasteiger partial charge is 0.106 e. The predicted octanol–water partition coefficient (Wildman–Crippen LogP) is 14.5. The molecule has 0 aromatic carbocycles. The summed E-state index contributed by atoms with van der Waals surface area (Å²) in [5.41, 5.74) is 7.48. The second-order valence-corrected chi connectivity index (χ2v) is 18.0. The molecule has 0 saturated heterocycles. The minimum atomic E-state index is -0.102. The lowest BCUT2D eigenvalue weighted by Gasteiger charge is -2.62. The highest BCUT2D eigenvalue weighted by Gasteiger charge is 2.58. The Balaban J connectivity index is 0.00000111. The average molecular weight is 695 g/mol. The van der Waals surface area contributed by atoms with Crippen LogP contribution < -0.4 is 0 Å². The van der Waals surface area contributed by atoms with E-state index in [1.165, 1.54) is 94.6 Å². The van der Waals surface area contributed by atoms with Crippen LogP contribution in [0.3, 0.4) is 0 Å². The minimum Gasteiger partial charge on any atom is -0.393 e. The third-order valence-electron chi connectivity index (χ3n) is 14.6. The first-order valence-electron chi connectivity index (χ1n) is 21.3. The minimum absolute atomic E-state index is 0.102. The van der Waals surface area contributed by atoms with E-state index >= 15 is 0 Å². The number of hydrogen-bond donors (Lipinski definition) is 1. The van der Waals surface area contributed by atoms with Crippen LogP contribution in [-0.4, -0.2) is 18.0 Å². The van der Waals surface area contributed by atoms with E-state index in [-0.39, 0.29) is 6.10 Å². The second-order valence-electron chi connectivity index (χ2n) is 18.0. The summed E-state index contributed by atoms with van der Waals surface area (Å²) in [5, 5.41) is 8.55. The zero-order valence-corrected chi connectivity index (χ0v) is 35.9. The summed E-state index contributed by atoms with van der Waals surface area (Å²) in [5.74, 6) is 5.50. The molecule has 2 saturated carbocycles. The summed E-state index contributed by atoms with van der Waals surface area (Å²) in [6.45, 7) is 41.2. The largest absolute Gasteiger partial charge is 0.393 e. The van der Waals surface area contributed by atoms with Gasteiger partial charge in [0.1, 0.15) is 6.79 Å². The van der Waals surface area contributed by atoms with E-state index in [9.17, 15) is 0 Å². The quantitative estimate of drug-likeness (QED) is 0.195. The summed E-state index contributed by atoms with van der Waals surface area (Å²) < 4.78 is 0. The number of hydrogen-bond acceptors (Lipinski definition) is 2. The fourth-order valence-electron chi connectivity index (χ4n) is 11.0. The maximum atomic E-state index is 8.55. The average Bonchev–Trinajstić information content (AvgIpc) is 3.09. The molecular weight excluding hydrogens is 609 g/mol. The van der Waals surface area contributed by atoms with Crippen molar-refractivity contribution in [3.8, 4) is 0 Å². The Hall–Kier alpha value is -1.41. The standard InChI is InChI=1S/C40H66.C5H12O.C2H6.CH2O/c1-12-32(26-33(13-2)27(3)4)24-29(7)16-20-38(10)31(9)18-21-39(11)35-19-23-40(28(5)6)22-17-30(8)25-36(40)34(35)14-15-37(38)39;1-3-4-5(2)6;2*1-2/h14,19,29-33,36-37H,3,5,12-13,15-18,20-26H2,1-2,4,6-11H3;5-6H,3-4H2,1-2H3;1-2H3;1H2. The van der Waals surface area contributed by atoms with Crippen LogP contribution in [0.25, 0.3) is 0 Å². The molecular formula is C48H86O2. The molecule has 290 valence electrons. The first kappa shape index (κ1) is 46.6. The molecule has 2 heteroatoms. The van der Waals surface area contributed by atoms with E-state index in [1.54, 1.807) is 11.1 Å². The van der Waals surface area contributed by atoms with Gasteiger partial charge in [-0.1, -0.05) is 125 Å². The summed E-state index contributed by atoms with van der Waals surface area (Å²) in [4.78, 5) is 8.00. The van der Waals surface area contributed by atoms with Gasteiger partial charge in [-0.2, -0.15) is 0 Å². The monoisotopic (exact) mass is 695 g/mol. The maximum absolute atomic E-state index is 8.55. The van der Waals surface area contributed by atoms with Gasteiger partial charge in [-0.15, -0.1) is 0 Å². The normalized spacial score (nSPS) is 33.6. The maximum Gasteiger partial charge on any atom is 0.106 e. The van der Waals surface area contributed by atoms with Crippen LogP contribution in [0.15, 0.2) is 47.6 Å². The molecule has 0 spiro atoms. The van der Waals surface area contributed by atoms with Crippen LogP contribution in [0.2, 0.25) is 0 Å². The summed E-state index contributed by atoms with van der Waals surface area (Å²) >= 11 is 0.